The maximum atomic E-state index is 13.7. The van der Waals surface area contributed by atoms with Crippen LogP contribution in [0.5, 0.6) is 0 Å². The first-order valence-corrected chi connectivity index (χ1v) is 11.2. The molecule has 156 valence electrons. The number of rotatable bonds is 4. The summed E-state index contributed by atoms with van der Waals surface area (Å²) in [6.07, 6.45) is 5.68. The number of anilines is 2. The minimum absolute atomic E-state index is 0.0427. The third kappa shape index (κ3) is 3.44. The summed E-state index contributed by atoms with van der Waals surface area (Å²) in [6, 6.07) is 25.1. The summed E-state index contributed by atoms with van der Waals surface area (Å²) in [7, 11) is 0. The number of allylic oxidation sites excluding steroid dienone is 2. The molecule has 0 spiro atoms. The van der Waals surface area contributed by atoms with Gasteiger partial charge in [0.15, 0.2) is 0 Å². The number of benzene rings is 3. The van der Waals surface area contributed by atoms with Gasteiger partial charge < -0.3 is 10.2 Å². The Morgan fingerprint density at radius 1 is 1.00 bits per heavy atom. The molecule has 1 aliphatic heterocycles. The van der Waals surface area contributed by atoms with E-state index in [0.29, 0.717) is 18.4 Å². The normalized spacial score (nSPS) is 21.2. The SMILES string of the molecule is CCN(C(=O)c1cccc2c1NC(c1ccc(C)cc1)C1CC=CC21)c1ccccc1. The number of carbonyl (C=O) groups excluding carboxylic acids is 1. The summed E-state index contributed by atoms with van der Waals surface area (Å²) in [5.74, 6) is 0.847. The zero-order chi connectivity index (χ0) is 21.4. The number of hydrogen-bond acceptors (Lipinski definition) is 2. The standard InChI is InChI=1S/C28H28N2O/c1-3-30(21-9-5-4-6-10-21)28(31)25-14-8-13-24-22-11-7-12-23(22)26(29-27(24)25)20-17-15-19(2)16-18-20/h4-11,13-18,22-23,26,29H,3,12H2,1-2H3. The first-order chi connectivity index (χ1) is 15.2. The van der Waals surface area contributed by atoms with E-state index in [1.807, 2.05) is 54.3 Å². The van der Waals surface area contributed by atoms with Crippen LogP contribution in [0.25, 0.3) is 0 Å². The highest BCUT2D eigenvalue weighted by atomic mass is 16.2. The number of para-hydroxylation sites is 2. The molecule has 0 saturated carbocycles. The highest BCUT2D eigenvalue weighted by Crippen LogP contribution is 2.50. The van der Waals surface area contributed by atoms with E-state index in [2.05, 4.69) is 54.7 Å². The van der Waals surface area contributed by atoms with Crippen molar-refractivity contribution in [3.63, 3.8) is 0 Å². The van der Waals surface area contributed by atoms with Crippen LogP contribution in [0.4, 0.5) is 11.4 Å². The van der Waals surface area contributed by atoms with Crippen LogP contribution in [0, 0.1) is 12.8 Å². The second-order valence-corrected chi connectivity index (χ2v) is 8.54. The second-order valence-electron chi connectivity index (χ2n) is 8.54. The highest BCUT2D eigenvalue weighted by molar-refractivity contribution is 6.10. The zero-order valence-corrected chi connectivity index (χ0v) is 18.1. The summed E-state index contributed by atoms with van der Waals surface area (Å²) in [5, 5.41) is 3.80. The fraction of sp³-hybridized carbons (Fsp3) is 0.250. The van der Waals surface area contributed by atoms with Crippen LogP contribution < -0.4 is 10.2 Å². The number of hydrogen-bond donors (Lipinski definition) is 1. The van der Waals surface area contributed by atoms with Gasteiger partial charge in [-0.05, 0) is 55.5 Å². The van der Waals surface area contributed by atoms with E-state index in [0.717, 1.165) is 23.4 Å². The summed E-state index contributed by atoms with van der Waals surface area (Å²) in [6.45, 7) is 4.77. The zero-order valence-electron chi connectivity index (χ0n) is 18.1. The van der Waals surface area contributed by atoms with E-state index < -0.39 is 0 Å². The molecule has 1 N–H and O–H groups in total. The lowest BCUT2D eigenvalue weighted by atomic mass is 9.76. The first-order valence-electron chi connectivity index (χ1n) is 11.2. The fourth-order valence-corrected chi connectivity index (χ4v) is 5.10. The van der Waals surface area contributed by atoms with Crippen LogP contribution in [0.1, 0.15) is 52.4 Å². The van der Waals surface area contributed by atoms with E-state index in [4.69, 9.17) is 0 Å². The number of nitrogens with one attached hydrogen (secondary N) is 1. The molecule has 3 unspecified atom stereocenters. The van der Waals surface area contributed by atoms with Gasteiger partial charge in [0.1, 0.15) is 0 Å². The molecule has 2 aliphatic rings. The van der Waals surface area contributed by atoms with Crippen LogP contribution in [-0.2, 0) is 0 Å². The molecule has 3 heteroatoms. The van der Waals surface area contributed by atoms with Crippen LogP contribution in [0.3, 0.4) is 0 Å². The van der Waals surface area contributed by atoms with Crippen molar-refractivity contribution < 1.29 is 4.79 Å². The number of aryl methyl sites for hydroxylation is 1. The fourth-order valence-electron chi connectivity index (χ4n) is 5.10. The lowest BCUT2D eigenvalue weighted by Gasteiger charge is -2.38. The van der Waals surface area contributed by atoms with Gasteiger partial charge in [-0.1, -0.05) is 72.3 Å². The van der Waals surface area contributed by atoms with Crippen molar-refractivity contribution in [2.75, 3.05) is 16.8 Å². The molecule has 1 heterocycles. The van der Waals surface area contributed by atoms with Crippen molar-refractivity contribution in [2.45, 2.75) is 32.2 Å². The predicted octanol–water partition coefficient (Wildman–Crippen LogP) is 6.49. The summed E-state index contributed by atoms with van der Waals surface area (Å²) in [4.78, 5) is 15.6. The Hall–Kier alpha value is -3.33. The number of carbonyl (C=O) groups is 1. The molecule has 3 aromatic rings. The van der Waals surface area contributed by atoms with Crippen molar-refractivity contribution in [1.29, 1.82) is 0 Å². The van der Waals surface area contributed by atoms with Crippen LogP contribution in [0.2, 0.25) is 0 Å². The molecular weight excluding hydrogens is 380 g/mol. The highest BCUT2D eigenvalue weighted by Gasteiger charge is 2.39. The molecule has 31 heavy (non-hydrogen) atoms. The smallest absolute Gasteiger partial charge is 0.260 e. The summed E-state index contributed by atoms with van der Waals surface area (Å²) >= 11 is 0. The third-order valence-electron chi connectivity index (χ3n) is 6.69. The van der Waals surface area contributed by atoms with E-state index >= 15 is 0 Å². The Morgan fingerprint density at radius 2 is 1.77 bits per heavy atom. The lowest BCUT2D eigenvalue weighted by molar-refractivity contribution is 0.0988. The first kappa shape index (κ1) is 19.6. The minimum Gasteiger partial charge on any atom is -0.377 e. The van der Waals surface area contributed by atoms with Crippen molar-refractivity contribution in [2.24, 2.45) is 5.92 Å². The second kappa shape index (κ2) is 8.07. The van der Waals surface area contributed by atoms with Crippen molar-refractivity contribution in [3.05, 3.63) is 107 Å². The van der Waals surface area contributed by atoms with Gasteiger partial charge in [0, 0.05) is 18.2 Å². The van der Waals surface area contributed by atoms with Gasteiger partial charge in [0.25, 0.3) is 5.91 Å². The molecule has 0 saturated heterocycles. The molecule has 0 bridgehead atoms. The molecule has 5 rings (SSSR count). The molecule has 0 aromatic heterocycles. The van der Waals surface area contributed by atoms with Gasteiger partial charge in [-0.25, -0.2) is 0 Å². The van der Waals surface area contributed by atoms with Crippen LogP contribution in [0.15, 0.2) is 84.9 Å². The molecule has 1 aliphatic carbocycles. The molecule has 0 fully saturated rings. The average Bonchev–Trinajstić information content (AvgIpc) is 3.30. The Bertz CT molecular complexity index is 1120. The topological polar surface area (TPSA) is 32.3 Å². The van der Waals surface area contributed by atoms with Gasteiger partial charge >= 0.3 is 0 Å². The molecular formula is C28H28N2O. The quantitative estimate of drug-likeness (QED) is 0.501. The maximum Gasteiger partial charge on any atom is 0.260 e. The Labute approximate surface area is 184 Å². The Kier molecular flexibility index (Phi) is 5.11. The van der Waals surface area contributed by atoms with E-state index in [-0.39, 0.29) is 11.9 Å². The van der Waals surface area contributed by atoms with Crippen LogP contribution >= 0.6 is 0 Å². The third-order valence-corrected chi connectivity index (χ3v) is 6.69. The molecule has 3 atom stereocenters. The van der Waals surface area contributed by atoms with E-state index in [1.165, 1.54) is 16.7 Å². The largest absolute Gasteiger partial charge is 0.377 e. The van der Waals surface area contributed by atoms with Gasteiger partial charge in [-0.15, -0.1) is 0 Å². The molecule has 0 radical (unpaired) electrons. The van der Waals surface area contributed by atoms with Crippen molar-refractivity contribution in [1.82, 2.24) is 0 Å². The summed E-state index contributed by atoms with van der Waals surface area (Å²) < 4.78 is 0. The number of amides is 1. The Morgan fingerprint density at radius 3 is 2.52 bits per heavy atom. The van der Waals surface area contributed by atoms with E-state index in [1.54, 1.807) is 0 Å². The number of fused-ring (bicyclic) bond motifs is 3. The average molecular weight is 409 g/mol. The molecule has 3 nitrogen and oxygen atoms in total. The molecule has 3 aromatic carbocycles. The monoisotopic (exact) mass is 408 g/mol. The van der Waals surface area contributed by atoms with Gasteiger partial charge in [0.05, 0.1) is 17.3 Å². The number of nitrogens with zero attached hydrogens (tertiary/aromatic N) is 1. The van der Waals surface area contributed by atoms with Gasteiger partial charge in [-0.3, -0.25) is 4.79 Å². The maximum absolute atomic E-state index is 13.7. The van der Waals surface area contributed by atoms with Crippen LogP contribution in [-0.4, -0.2) is 12.5 Å². The van der Waals surface area contributed by atoms with Gasteiger partial charge in [0.2, 0.25) is 0 Å². The van der Waals surface area contributed by atoms with Crippen molar-refractivity contribution in [3.8, 4) is 0 Å². The predicted molar refractivity (Wildman–Crippen MR) is 128 cm³/mol. The van der Waals surface area contributed by atoms with Crippen molar-refractivity contribution >= 4 is 17.3 Å². The van der Waals surface area contributed by atoms with E-state index in [9.17, 15) is 4.79 Å². The Balaban J connectivity index is 1.57. The lowest BCUT2D eigenvalue weighted by Crippen LogP contribution is -2.34. The minimum atomic E-state index is 0.0427. The molecule has 1 amide bonds. The van der Waals surface area contributed by atoms with Gasteiger partial charge in [-0.2, -0.15) is 0 Å². The summed E-state index contributed by atoms with van der Waals surface area (Å²) in [5.41, 5.74) is 6.44.